The highest BCUT2D eigenvalue weighted by molar-refractivity contribution is 6.73. The zero-order valence-corrected chi connectivity index (χ0v) is 27.5. The second-order valence-electron chi connectivity index (χ2n) is 13.5. The Morgan fingerprint density at radius 2 is 1.79 bits per heavy atom. The number of fused-ring (bicyclic) bond motifs is 1. The summed E-state index contributed by atoms with van der Waals surface area (Å²) >= 11 is 0. The predicted octanol–water partition coefficient (Wildman–Crippen LogP) is 5.24. The molecule has 10 nitrogen and oxygen atoms in total. The average molecular weight is 615 g/mol. The largest absolute Gasteiger partial charge is 0.467 e. The number of benzene rings is 1. The number of rotatable bonds is 10. The molecule has 4 atom stereocenters. The molecule has 0 radical (unpaired) electrons. The summed E-state index contributed by atoms with van der Waals surface area (Å²) in [6, 6.07) is 6.23. The molecule has 1 saturated heterocycles. The van der Waals surface area contributed by atoms with Crippen molar-refractivity contribution in [3.05, 3.63) is 42.5 Å². The Morgan fingerprint density at radius 3 is 2.42 bits per heavy atom. The summed E-state index contributed by atoms with van der Waals surface area (Å²) in [5.74, 6) is -2.98. The van der Waals surface area contributed by atoms with Gasteiger partial charge in [-0.2, -0.15) is 0 Å². The highest BCUT2D eigenvalue weighted by atomic mass is 28.4. The second kappa shape index (κ2) is 12.5. The lowest BCUT2D eigenvalue weighted by molar-refractivity contribution is -0.277. The minimum absolute atomic E-state index is 0.00482. The molecule has 1 saturated carbocycles. The maximum absolute atomic E-state index is 14.4. The van der Waals surface area contributed by atoms with Crippen LogP contribution in [0.15, 0.2) is 36.9 Å². The van der Waals surface area contributed by atoms with Gasteiger partial charge in [0.05, 0.1) is 23.4 Å². The third-order valence-electron chi connectivity index (χ3n) is 9.46. The van der Waals surface area contributed by atoms with Crippen LogP contribution in [0.4, 0.5) is 0 Å². The topological polar surface area (TPSA) is 112 Å². The number of imide groups is 1. The van der Waals surface area contributed by atoms with Crippen LogP contribution in [0.5, 0.6) is 5.75 Å². The first-order valence-corrected chi connectivity index (χ1v) is 18.1. The molecule has 1 spiro atoms. The fourth-order valence-corrected chi connectivity index (χ4v) is 6.57. The predicted molar refractivity (Wildman–Crippen MR) is 162 cm³/mol. The molecule has 3 amide bonds. The smallest absolute Gasteiger partial charge is 0.325 e. The van der Waals surface area contributed by atoms with Crippen molar-refractivity contribution in [2.24, 2.45) is 11.8 Å². The van der Waals surface area contributed by atoms with Crippen LogP contribution in [-0.4, -0.2) is 72.8 Å². The second-order valence-corrected chi connectivity index (χ2v) is 18.2. The number of hydrogen-bond donors (Lipinski definition) is 0. The summed E-state index contributed by atoms with van der Waals surface area (Å²) in [4.78, 5) is 63.0. The molecule has 43 heavy (non-hydrogen) atoms. The van der Waals surface area contributed by atoms with Gasteiger partial charge < -0.3 is 14.4 Å². The maximum Gasteiger partial charge on any atom is 0.325 e. The number of hydrogen-bond acceptors (Lipinski definition) is 8. The normalized spacial score (nSPS) is 23.1. The lowest BCUT2D eigenvalue weighted by atomic mass is 9.75. The van der Waals surface area contributed by atoms with Gasteiger partial charge >= 0.3 is 5.97 Å². The molecule has 2 heterocycles. The summed E-state index contributed by atoms with van der Waals surface area (Å²) < 4.78 is 17.6. The molecule has 11 heteroatoms. The number of likely N-dealkylation sites (tertiary alicyclic amines) is 1. The SMILES string of the molecule is C=CCOC(=O)CN1C(=O)[C@H]([C@@H](C)OO[Si](C)(C)C(C)(C)C)[C@H]1[C@@H](C)C(=O)N1C(=O)c2ccccc2OC12CCCCC2. The molecule has 1 aromatic carbocycles. The Morgan fingerprint density at radius 1 is 1.14 bits per heavy atom. The van der Waals surface area contributed by atoms with Crippen LogP contribution in [0.1, 0.15) is 77.1 Å². The van der Waals surface area contributed by atoms with E-state index in [0.717, 1.165) is 19.3 Å². The first kappa shape index (κ1) is 32.9. The average Bonchev–Trinajstić information content (AvgIpc) is 2.95. The van der Waals surface area contributed by atoms with Crippen LogP contribution in [0, 0.1) is 11.8 Å². The van der Waals surface area contributed by atoms with Crippen molar-refractivity contribution in [2.45, 2.75) is 103 Å². The fraction of sp³-hybridized carbons (Fsp3) is 0.625. The number of β-lactam (4-membered cyclic amide) rings is 1. The number of para-hydroxylation sites is 1. The van der Waals surface area contributed by atoms with Crippen molar-refractivity contribution in [1.29, 1.82) is 0 Å². The quantitative estimate of drug-likeness (QED) is 0.0879. The zero-order chi connectivity index (χ0) is 31.7. The number of carbonyl (C=O) groups is 4. The van der Waals surface area contributed by atoms with E-state index in [2.05, 4.69) is 27.4 Å². The van der Waals surface area contributed by atoms with Gasteiger partial charge in [-0.3, -0.25) is 23.8 Å². The van der Waals surface area contributed by atoms with Crippen molar-refractivity contribution in [3.8, 4) is 5.75 Å². The molecule has 2 fully saturated rings. The Bertz CT molecular complexity index is 1250. The van der Waals surface area contributed by atoms with Crippen LogP contribution in [0.2, 0.25) is 18.1 Å². The first-order chi connectivity index (χ1) is 20.1. The fourth-order valence-electron chi connectivity index (χ4n) is 5.93. The Balaban J connectivity index is 1.64. The van der Waals surface area contributed by atoms with Crippen LogP contribution in [0.3, 0.4) is 0 Å². The van der Waals surface area contributed by atoms with Crippen molar-refractivity contribution >= 4 is 32.0 Å². The standard InChI is InChI=1S/C32H46N2O8Si/c1-9-19-39-25(35)20-33-27(26(30(33)38)22(3)41-42-43(7,8)31(4,5)6)21(2)28(36)34-29(37)23-15-11-12-16-24(23)40-32(34)17-13-10-14-18-32/h9,11-12,15-16,21-22,26-27H,1,10,13-14,17-20H2,2-8H3/t21-,22-,26-,27-/m1/s1. The number of carbonyl (C=O) groups excluding carboxylic acids is 4. The van der Waals surface area contributed by atoms with Gasteiger partial charge in [-0.05, 0) is 50.0 Å². The summed E-state index contributed by atoms with van der Waals surface area (Å²) in [7, 11) is -2.32. The van der Waals surface area contributed by atoms with Crippen molar-refractivity contribution < 1.29 is 38.1 Å². The van der Waals surface area contributed by atoms with E-state index < -0.39 is 55.8 Å². The summed E-state index contributed by atoms with van der Waals surface area (Å²) in [6.07, 6.45) is 4.40. The lowest BCUT2D eigenvalue weighted by Crippen LogP contribution is -2.71. The summed E-state index contributed by atoms with van der Waals surface area (Å²) in [5.41, 5.74) is -0.774. The van der Waals surface area contributed by atoms with Crippen molar-refractivity contribution in [2.75, 3.05) is 13.2 Å². The van der Waals surface area contributed by atoms with Gasteiger partial charge in [0.1, 0.15) is 25.0 Å². The summed E-state index contributed by atoms with van der Waals surface area (Å²) in [6.45, 7) is 17.0. The van der Waals surface area contributed by atoms with Gasteiger partial charge in [-0.25, -0.2) is 9.79 Å². The van der Waals surface area contributed by atoms with E-state index in [1.165, 1.54) is 15.9 Å². The van der Waals surface area contributed by atoms with E-state index in [4.69, 9.17) is 18.9 Å². The Hall–Kier alpha value is -3.02. The van der Waals surface area contributed by atoms with Gasteiger partial charge in [-0.15, -0.1) is 0 Å². The lowest BCUT2D eigenvalue weighted by Gasteiger charge is -2.53. The third-order valence-corrected chi connectivity index (χ3v) is 13.6. The van der Waals surface area contributed by atoms with Crippen LogP contribution >= 0.6 is 0 Å². The number of amides is 3. The van der Waals surface area contributed by atoms with Gasteiger partial charge in [0, 0.05) is 12.8 Å². The molecule has 0 bridgehead atoms. The Labute approximate surface area is 255 Å². The van der Waals surface area contributed by atoms with E-state index in [1.54, 1.807) is 32.0 Å². The first-order valence-electron chi connectivity index (χ1n) is 15.2. The third kappa shape index (κ3) is 6.30. The van der Waals surface area contributed by atoms with Crippen molar-refractivity contribution in [3.63, 3.8) is 0 Å². The van der Waals surface area contributed by atoms with E-state index in [0.29, 0.717) is 24.2 Å². The van der Waals surface area contributed by atoms with Gasteiger partial charge in [-0.1, -0.05) is 58.9 Å². The van der Waals surface area contributed by atoms with Gasteiger partial charge in [0.2, 0.25) is 20.1 Å². The molecule has 3 aliphatic rings. The molecule has 1 aromatic rings. The molecule has 0 aromatic heterocycles. The molecular formula is C32H46N2O8Si. The molecule has 0 unspecified atom stereocenters. The van der Waals surface area contributed by atoms with Crippen LogP contribution in [-0.2, 0) is 28.6 Å². The maximum atomic E-state index is 14.4. The van der Waals surface area contributed by atoms with E-state index in [9.17, 15) is 19.2 Å². The van der Waals surface area contributed by atoms with Gasteiger partial charge in [0.25, 0.3) is 5.91 Å². The highest BCUT2D eigenvalue weighted by Gasteiger charge is 2.59. The molecule has 0 N–H and O–H groups in total. The minimum atomic E-state index is -2.32. The summed E-state index contributed by atoms with van der Waals surface area (Å²) in [5, 5.41) is -0.126. The number of ether oxygens (including phenoxy) is 2. The molecule has 2 aliphatic heterocycles. The van der Waals surface area contributed by atoms with Crippen molar-refractivity contribution in [1.82, 2.24) is 9.80 Å². The number of nitrogens with zero attached hydrogens (tertiary/aromatic N) is 2. The van der Waals surface area contributed by atoms with E-state index in [-0.39, 0.29) is 24.1 Å². The number of esters is 1. The molecule has 236 valence electrons. The van der Waals surface area contributed by atoms with Gasteiger partial charge in [0.15, 0.2) is 5.72 Å². The molecular weight excluding hydrogens is 568 g/mol. The minimum Gasteiger partial charge on any atom is -0.467 e. The van der Waals surface area contributed by atoms with Crippen LogP contribution < -0.4 is 4.74 Å². The highest BCUT2D eigenvalue weighted by Crippen LogP contribution is 2.45. The van der Waals surface area contributed by atoms with Crippen LogP contribution in [0.25, 0.3) is 0 Å². The zero-order valence-electron chi connectivity index (χ0n) is 26.5. The van der Waals surface area contributed by atoms with E-state index >= 15 is 0 Å². The molecule has 4 rings (SSSR count). The monoisotopic (exact) mass is 614 g/mol. The Kier molecular flexibility index (Phi) is 9.58. The molecule has 1 aliphatic carbocycles. The van der Waals surface area contributed by atoms with E-state index in [1.807, 2.05) is 19.2 Å².